The minimum atomic E-state index is -4.19. The molecule has 112 valence electrons. The van der Waals surface area contributed by atoms with Crippen LogP contribution in [-0.2, 0) is 4.79 Å². The van der Waals surface area contributed by atoms with Gasteiger partial charge in [-0.1, -0.05) is 0 Å². The summed E-state index contributed by atoms with van der Waals surface area (Å²) >= 11 is 0. The molecule has 0 radical (unpaired) electrons. The van der Waals surface area contributed by atoms with Crippen molar-refractivity contribution in [2.24, 2.45) is 5.92 Å². The van der Waals surface area contributed by atoms with Gasteiger partial charge in [0.1, 0.15) is 0 Å². The van der Waals surface area contributed by atoms with Crippen molar-refractivity contribution in [2.45, 2.75) is 38.4 Å². The van der Waals surface area contributed by atoms with Crippen molar-refractivity contribution < 1.29 is 23.1 Å². The molecule has 0 aromatic carbocycles. The van der Waals surface area contributed by atoms with Gasteiger partial charge in [-0.2, -0.15) is 13.2 Å². The van der Waals surface area contributed by atoms with E-state index < -0.39 is 18.1 Å². The second-order valence-electron chi connectivity index (χ2n) is 4.77. The number of hydrogen-bond donors (Lipinski definition) is 2. The summed E-state index contributed by atoms with van der Waals surface area (Å²) in [6, 6.07) is -0.530. The summed E-state index contributed by atoms with van der Waals surface area (Å²) in [6.45, 7) is 2.55. The fourth-order valence-corrected chi connectivity index (χ4v) is 2.25. The molecule has 1 fully saturated rings. The van der Waals surface area contributed by atoms with Crippen molar-refractivity contribution in [2.75, 3.05) is 26.2 Å². The maximum absolute atomic E-state index is 12.5. The lowest BCUT2D eigenvalue weighted by Crippen LogP contribution is -2.52. The average Bonchev–Trinajstić information content (AvgIpc) is 2.38. The highest BCUT2D eigenvalue weighted by atomic mass is 19.4. The number of rotatable bonds is 5. The van der Waals surface area contributed by atoms with Gasteiger partial charge in [-0.05, 0) is 26.2 Å². The van der Waals surface area contributed by atoms with Gasteiger partial charge >= 0.3 is 6.18 Å². The summed E-state index contributed by atoms with van der Waals surface area (Å²) in [6.07, 6.45) is -3.51. The number of nitrogens with one attached hydrogen (secondary N) is 1. The van der Waals surface area contributed by atoms with Gasteiger partial charge in [0.2, 0.25) is 5.91 Å². The number of carbonyl (C=O) groups is 1. The monoisotopic (exact) mass is 282 g/mol. The predicted octanol–water partition coefficient (Wildman–Crippen LogP) is 1.15. The van der Waals surface area contributed by atoms with Crippen LogP contribution in [0, 0.1) is 5.92 Å². The number of piperidine rings is 1. The molecule has 7 heteroatoms. The molecular weight excluding hydrogens is 261 g/mol. The van der Waals surface area contributed by atoms with Gasteiger partial charge in [-0.25, -0.2) is 0 Å². The molecule has 1 amide bonds. The number of halogens is 3. The van der Waals surface area contributed by atoms with E-state index in [2.05, 4.69) is 5.32 Å². The van der Waals surface area contributed by atoms with Crippen LogP contribution in [-0.4, -0.2) is 54.4 Å². The van der Waals surface area contributed by atoms with Gasteiger partial charge in [0.15, 0.2) is 0 Å². The first-order valence-electron chi connectivity index (χ1n) is 6.59. The van der Waals surface area contributed by atoms with Gasteiger partial charge in [0.25, 0.3) is 0 Å². The Kier molecular flexibility index (Phi) is 6.06. The fourth-order valence-electron chi connectivity index (χ4n) is 2.25. The third-order valence-corrected chi connectivity index (χ3v) is 3.45. The highest BCUT2D eigenvalue weighted by molar-refractivity contribution is 5.82. The molecule has 2 unspecified atom stereocenters. The molecule has 19 heavy (non-hydrogen) atoms. The summed E-state index contributed by atoms with van der Waals surface area (Å²) in [4.78, 5) is 13.7. The molecule has 0 aromatic rings. The van der Waals surface area contributed by atoms with Crippen molar-refractivity contribution in [3.8, 4) is 0 Å². The standard InChI is InChI=1S/C12H21F3N2O2/c1-2-17(6-3-7-18)11(19)10-5-4-9(8-16-10)12(13,14)15/h9-10,16,18H,2-8H2,1H3. The summed E-state index contributed by atoms with van der Waals surface area (Å²) < 4.78 is 37.5. The quantitative estimate of drug-likeness (QED) is 0.795. The van der Waals surface area contributed by atoms with Crippen LogP contribution in [0.4, 0.5) is 13.2 Å². The summed E-state index contributed by atoms with van der Waals surface area (Å²) in [5.41, 5.74) is 0. The van der Waals surface area contributed by atoms with Crippen molar-refractivity contribution in [3.05, 3.63) is 0 Å². The van der Waals surface area contributed by atoms with E-state index >= 15 is 0 Å². The number of amides is 1. The van der Waals surface area contributed by atoms with Crippen LogP contribution < -0.4 is 5.32 Å². The minimum Gasteiger partial charge on any atom is -0.396 e. The average molecular weight is 282 g/mol. The predicted molar refractivity (Wildman–Crippen MR) is 64.5 cm³/mol. The van der Waals surface area contributed by atoms with Gasteiger partial charge < -0.3 is 15.3 Å². The first kappa shape index (κ1) is 16.2. The Balaban J connectivity index is 2.47. The zero-order valence-corrected chi connectivity index (χ0v) is 11.0. The Morgan fingerprint density at radius 2 is 2.11 bits per heavy atom. The van der Waals surface area contributed by atoms with E-state index in [1.165, 1.54) is 0 Å². The van der Waals surface area contributed by atoms with Crippen LogP contribution in [0.3, 0.4) is 0 Å². The normalized spacial score (nSPS) is 24.3. The van der Waals surface area contributed by atoms with E-state index in [0.29, 0.717) is 19.5 Å². The van der Waals surface area contributed by atoms with E-state index in [4.69, 9.17) is 5.11 Å². The number of aliphatic hydroxyl groups is 1. The maximum atomic E-state index is 12.5. The van der Waals surface area contributed by atoms with E-state index in [-0.39, 0.29) is 31.9 Å². The molecule has 0 spiro atoms. The van der Waals surface area contributed by atoms with E-state index in [0.717, 1.165) is 0 Å². The molecule has 1 rings (SSSR count). The Morgan fingerprint density at radius 1 is 1.42 bits per heavy atom. The first-order valence-corrected chi connectivity index (χ1v) is 6.59. The molecule has 4 nitrogen and oxygen atoms in total. The van der Waals surface area contributed by atoms with Crippen molar-refractivity contribution >= 4 is 5.91 Å². The molecule has 1 aliphatic heterocycles. The number of aliphatic hydroxyl groups excluding tert-OH is 1. The Morgan fingerprint density at radius 3 is 2.53 bits per heavy atom. The largest absolute Gasteiger partial charge is 0.396 e. The Labute approximate surface area is 111 Å². The molecule has 1 aliphatic rings. The SMILES string of the molecule is CCN(CCCO)C(=O)C1CCC(C(F)(F)F)CN1. The van der Waals surface area contributed by atoms with Crippen LogP contribution in [0.1, 0.15) is 26.2 Å². The number of likely N-dealkylation sites (N-methyl/N-ethyl adjacent to an activating group) is 1. The molecule has 2 atom stereocenters. The van der Waals surface area contributed by atoms with Gasteiger partial charge in [-0.3, -0.25) is 4.79 Å². The number of alkyl halides is 3. The third kappa shape index (κ3) is 4.65. The first-order chi connectivity index (χ1) is 8.90. The Bertz CT molecular complexity index is 289. The van der Waals surface area contributed by atoms with Crippen molar-refractivity contribution in [1.82, 2.24) is 10.2 Å². The van der Waals surface area contributed by atoms with Gasteiger partial charge in [-0.15, -0.1) is 0 Å². The highest BCUT2D eigenvalue weighted by Gasteiger charge is 2.42. The van der Waals surface area contributed by atoms with Crippen LogP contribution in [0.25, 0.3) is 0 Å². The lowest BCUT2D eigenvalue weighted by atomic mass is 9.93. The van der Waals surface area contributed by atoms with Crippen LogP contribution in [0.2, 0.25) is 0 Å². The minimum absolute atomic E-state index is 0.00196. The van der Waals surface area contributed by atoms with Gasteiger partial charge in [0, 0.05) is 26.2 Å². The Hall–Kier alpha value is -0.820. The van der Waals surface area contributed by atoms with E-state index in [1.807, 2.05) is 6.92 Å². The summed E-state index contributed by atoms with van der Waals surface area (Å²) in [5.74, 6) is -1.53. The lowest BCUT2D eigenvalue weighted by Gasteiger charge is -2.33. The molecule has 0 aliphatic carbocycles. The topological polar surface area (TPSA) is 52.6 Å². The van der Waals surface area contributed by atoms with E-state index in [9.17, 15) is 18.0 Å². The second kappa shape index (κ2) is 7.09. The van der Waals surface area contributed by atoms with Crippen LogP contribution in [0.15, 0.2) is 0 Å². The van der Waals surface area contributed by atoms with Crippen LogP contribution in [0.5, 0.6) is 0 Å². The maximum Gasteiger partial charge on any atom is 0.393 e. The molecule has 1 heterocycles. The van der Waals surface area contributed by atoms with Gasteiger partial charge in [0.05, 0.1) is 12.0 Å². The number of hydrogen-bond acceptors (Lipinski definition) is 3. The molecular formula is C12H21F3N2O2. The molecule has 0 aromatic heterocycles. The zero-order chi connectivity index (χ0) is 14.5. The number of carbonyl (C=O) groups excluding carboxylic acids is 1. The zero-order valence-electron chi connectivity index (χ0n) is 11.0. The molecule has 0 bridgehead atoms. The molecule has 2 N–H and O–H groups in total. The molecule has 0 saturated carbocycles. The highest BCUT2D eigenvalue weighted by Crippen LogP contribution is 2.32. The summed E-state index contributed by atoms with van der Waals surface area (Å²) in [7, 11) is 0. The smallest absolute Gasteiger partial charge is 0.393 e. The van der Waals surface area contributed by atoms with Crippen LogP contribution >= 0.6 is 0 Å². The van der Waals surface area contributed by atoms with Crippen molar-refractivity contribution in [1.29, 1.82) is 0 Å². The molecule has 1 saturated heterocycles. The third-order valence-electron chi connectivity index (χ3n) is 3.45. The van der Waals surface area contributed by atoms with E-state index in [1.54, 1.807) is 4.90 Å². The second-order valence-corrected chi connectivity index (χ2v) is 4.77. The lowest BCUT2D eigenvalue weighted by molar-refractivity contribution is -0.180. The summed E-state index contributed by atoms with van der Waals surface area (Å²) in [5, 5.41) is 11.4. The fraction of sp³-hybridized carbons (Fsp3) is 0.917. The van der Waals surface area contributed by atoms with Crippen molar-refractivity contribution in [3.63, 3.8) is 0 Å². The number of nitrogens with zero attached hydrogens (tertiary/aromatic N) is 1.